The highest BCUT2D eigenvalue weighted by Gasteiger charge is 2.32. The molecule has 140 valence electrons. The zero-order valence-corrected chi connectivity index (χ0v) is 15.0. The maximum Gasteiger partial charge on any atom is 0.290 e. The number of carbonyl (C=O) groups excluding carboxylic acids is 2. The van der Waals surface area contributed by atoms with Gasteiger partial charge in [0.15, 0.2) is 0 Å². The van der Waals surface area contributed by atoms with Crippen LogP contribution in [0.5, 0.6) is 0 Å². The average molecular weight is 345 g/mol. The summed E-state index contributed by atoms with van der Waals surface area (Å²) >= 11 is 0. The molecule has 0 aromatic heterocycles. The molecule has 4 N–H and O–H groups in total. The molecule has 24 heavy (non-hydrogen) atoms. The van der Waals surface area contributed by atoms with Gasteiger partial charge in [-0.3, -0.25) is 14.4 Å². The highest BCUT2D eigenvalue weighted by molar-refractivity contribution is 5.86. The molecule has 2 amide bonds. The molecule has 0 aliphatic carbocycles. The van der Waals surface area contributed by atoms with Crippen LogP contribution in [0.2, 0.25) is 0 Å². The van der Waals surface area contributed by atoms with Gasteiger partial charge in [-0.1, -0.05) is 13.8 Å². The summed E-state index contributed by atoms with van der Waals surface area (Å²) in [5.74, 6) is -0.126. The van der Waals surface area contributed by atoms with Crippen molar-refractivity contribution in [2.75, 3.05) is 26.7 Å². The first-order valence-corrected chi connectivity index (χ1v) is 8.17. The Balaban J connectivity index is 0.00000163. The number of aliphatic hydroxyl groups is 1. The van der Waals surface area contributed by atoms with Crippen molar-refractivity contribution in [2.24, 2.45) is 5.92 Å². The van der Waals surface area contributed by atoms with Crippen molar-refractivity contribution in [3.8, 4) is 0 Å². The lowest BCUT2D eigenvalue weighted by Gasteiger charge is -2.36. The molecule has 1 fully saturated rings. The number of carboxylic acid groups (broad SMARTS) is 1. The van der Waals surface area contributed by atoms with Crippen molar-refractivity contribution in [2.45, 2.75) is 51.7 Å². The summed E-state index contributed by atoms with van der Waals surface area (Å²) in [7, 11) is 2.02. The van der Waals surface area contributed by atoms with Gasteiger partial charge in [-0.05, 0) is 32.2 Å². The van der Waals surface area contributed by atoms with Gasteiger partial charge in [0.05, 0.1) is 5.60 Å². The third-order valence-electron chi connectivity index (χ3n) is 3.91. The molecule has 0 bridgehead atoms. The fourth-order valence-electron chi connectivity index (χ4n) is 2.53. The number of hydrogen-bond donors (Lipinski definition) is 4. The van der Waals surface area contributed by atoms with E-state index in [4.69, 9.17) is 9.90 Å². The molecule has 1 rings (SSSR count). The zero-order valence-electron chi connectivity index (χ0n) is 15.0. The molecule has 0 saturated carbocycles. The number of nitrogens with zero attached hydrogens (tertiary/aromatic N) is 1. The van der Waals surface area contributed by atoms with Gasteiger partial charge in [0.2, 0.25) is 11.8 Å². The predicted molar refractivity (Wildman–Crippen MR) is 90.4 cm³/mol. The topological polar surface area (TPSA) is 119 Å². The molecule has 1 atom stereocenters. The number of likely N-dealkylation sites (tertiary alicyclic amines) is 1. The van der Waals surface area contributed by atoms with Crippen LogP contribution in [0.15, 0.2) is 0 Å². The second kappa shape index (κ2) is 11.0. The molecule has 0 aromatic rings. The molecule has 8 heteroatoms. The Bertz CT molecular complexity index is 407. The summed E-state index contributed by atoms with van der Waals surface area (Å²) in [5.41, 5.74) is -0.833. The minimum absolute atomic E-state index is 0.214. The van der Waals surface area contributed by atoms with E-state index in [0.717, 1.165) is 13.1 Å². The summed E-state index contributed by atoms with van der Waals surface area (Å²) in [5, 5.41) is 22.8. The maximum atomic E-state index is 12.2. The quantitative estimate of drug-likeness (QED) is 0.496. The Labute approximate surface area is 143 Å². The number of piperidine rings is 1. The largest absolute Gasteiger partial charge is 0.483 e. The van der Waals surface area contributed by atoms with Crippen molar-refractivity contribution >= 4 is 18.3 Å². The van der Waals surface area contributed by atoms with Crippen LogP contribution in [0.1, 0.15) is 40.0 Å². The van der Waals surface area contributed by atoms with Crippen LogP contribution >= 0.6 is 0 Å². The summed E-state index contributed by atoms with van der Waals surface area (Å²) in [4.78, 5) is 33.9. The molecule has 0 unspecified atom stereocenters. The fourth-order valence-corrected chi connectivity index (χ4v) is 2.53. The van der Waals surface area contributed by atoms with E-state index >= 15 is 0 Å². The van der Waals surface area contributed by atoms with Gasteiger partial charge in [-0.15, -0.1) is 0 Å². The average Bonchev–Trinajstić information content (AvgIpc) is 2.47. The van der Waals surface area contributed by atoms with Crippen LogP contribution in [0.25, 0.3) is 0 Å². The van der Waals surface area contributed by atoms with Gasteiger partial charge in [-0.25, -0.2) is 0 Å². The third kappa shape index (κ3) is 9.46. The van der Waals surface area contributed by atoms with E-state index in [1.165, 1.54) is 6.92 Å². The smallest absolute Gasteiger partial charge is 0.290 e. The van der Waals surface area contributed by atoms with E-state index in [9.17, 15) is 14.7 Å². The molecule has 1 aliphatic heterocycles. The monoisotopic (exact) mass is 345 g/mol. The molecule has 1 heterocycles. The second-order valence-electron chi connectivity index (χ2n) is 6.73. The van der Waals surface area contributed by atoms with Crippen molar-refractivity contribution in [3.63, 3.8) is 0 Å². The summed E-state index contributed by atoms with van der Waals surface area (Å²) in [6.45, 7) is 7.07. The third-order valence-corrected chi connectivity index (χ3v) is 3.91. The Morgan fingerprint density at radius 2 is 1.79 bits per heavy atom. The van der Waals surface area contributed by atoms with Crippen molar-refractivity contribution in [1.29, 1.82) is 0 Å². The van der Waals surface area contributed by atoms with Crippen LogP contribution < -0.4 is 10.6 Å². The van der Waals surface area contributed by atoms with Crippen molar-refractivity contribution in [3.05, 3.63) is 0 Å². The standard InChI is InChI=1S/C15H29N3O3.CH2O2/c1-11(2)9-13(17-12(3)19)14(20)16-10-15(21)5-7-18(4)8-6-15;2-1-3/h11,13,21H,5-10H2,1-4H3,(H,16,20)(H,17,19);1H,(H,2,3)/t13-;/m1./s1. The zero-order chi connectivity index (χ0) is 18.8. The van der Waals surface area contributed by atoms with Crippen LogP contribution in [-0.2, 0) is 14.4 Å². The summed E-state index contributed by atoms with van der Waals surface area (Å²) in [6.07, 6.45) is 1.89. The number of rotatable bonds is 6. The predicted octanol–water partition coefficient (Wildman–Crippen LogP) is -0.189. The number of nitrogens with one attached hydrogen (secondary N) is 2. The number of amides is 2. The van der Waals surface area contributed by atoms with Crippen LogP contribution in [0.3, 0.4) is 0 Å². The normalized spacial score (nSPS) is 18.1. The minimum Gasteiger partial charge on any atom is -0.483 e. The molecule has 1 saturated heterocycles. The van der Waals surface area contributed by atoms with Crippen molar-refractivity contribution in [1.82, 2.24) is 15.5 Å². The molecular weight excluding hydrogens is 314 g/mol. The lowest BCUT2D eigenvalue weighted by atomic mass is 9.91. The maximum absolute atomic E-state index is 12.2. The molecule has 0 aromatic carbocycles. The first kappa shape index (κ1) is 22.3. The molecule has 0 radical (unpaired) electrons. The Kier molecular flexibility index (Phi) is 10.2. The SMILES string of the molecule is CC(=O)N[C@H](CC(C)C)C(=O)NCC1(O)CCN(C)CC1.O=CO. The van der Waals surface area contributed by atoms with E-state index in [2.05, 4.69) is 15.5 Å². The molecular formula is C16H31N3O5. The van der Waals surface area contributed by atoms with Gasteiger partial charge in [0, 0.05) is 26.6 Å². The van der Waals surface area contributed by atoms with Gasteiger partial charge < -0.3 is 25.7 Å². The van der Waals surface area contributed by atoms with Gasteiger partial charge in [0.25, 0.3) is 6.47 Å². The number of hydrogen-bond acceptors (Lipinski definition) is 5. The molecule has 0 spiro atoms. The van der Waals surface area contributed by atoms with Gasteiger partial charge in [-0.2, -0.15) is 0 Å². The van der Waals surface area contributed by atoms with Crippen molar-refractivity contribution < 1.29 is 24.6 Å². The Morgan fingerprint density at radius 3 is 2.21 bits per heavy atom. The first-order chi connectivity index (χ1) is 11.1. The highest BCUT2D eigenvalue weighted by Crippen LogP contribution is 2.20. The fraction of sp³-hybridized carbons (Fsp3) is 0.812. The van der Waals surface area contributed by atoms with Crippen LogP contribution in [-0.4, -0.2) is 71.7 Å². The Morgan fingerprint density at radius 1 is 1.29 bits per heavy atom. The molecule has 1 aliphatic rings. The van der Waals surface area contributed by atoms with Crippen LogP contribution in [0.4, 0.5) is 0 Å². The molecule has 8 nitrogen and oxygen atoms in total. The second-order valence-corrected chi connectivity index (χ2v) is 6.73. The van der Waals surface area contributed by atoms with E-state index in [1.807, 2.05) is 20.9 Å². The minimum atomic E-state index is -0.833. The number of carbonyl (C=O) groups is 3. The van der Waals surface area contributed by atoms with E-state index in [-0.39, 0.29) is 24.8 Å². The highest BCUT2D eigenvalue weighted by atomic mass is 16.3. The summed E-state index contributed by atoms with van der Waals surface area (Å²) < 4.78 is 0. The van der Waals surface area contributed by atoms with E-state index in [0.29, 0.717) is 25.2 Å². The Hall–Kier alpha value is -1.67. The lowest BCUT2D eigenvalue weighted by Crippen LogP contribution is -2.53. The van der Waals surface area contributed by atoms with E-state index < -0.39 is 11.6 Å². The van der Waals surface area contributed by atoms with E-state index in [1.54, 1.807) is 0 Å². The van der Waals surface area contributed by atoms with Crippen LogP contribution in [0, 0.1) is 5.92 Å². The summed E-state index contributed by atoms with van der Waals surface area (Å²) in [6, 6.07) is -0.530. The first-order valence-electron chi connectivity index (χ1n) is 8.17. The van der Waals surface area contributed by atoms with Gasteiger partial charge in [0.1, 0.15) is 6.04 Å². The van der Waals surface area contributed by atoms with Gasteiger partial charge >= 0.3 is 0 Å². The lowest BCUT2D eigenvalue weighted by molar-refractivity contribution is -0.129.